The van der Waals surface area contributed by atoms with Crippen LogP contribution in [-0.2, 0) is 11.2 Å². The molecule has 110 valence electrons. The number of nitrogens with zero attached hydrogens (tertiary/aromatic N) is 2. The molecule has 1 aromatic carbocycles. The van der Waals surface area contributed by atoms with Crippen LogP contribution in [0.3, 0.4) is 0 Å². The number of nitrogens with two attached hydrogens (primary N) is 1. The van der Waals surface area contributed by atoms with E-state index in [-0.39, 0.29) is 23.1 Å². The normalized spacial score (nSPS) is 10.5. The quantitative estimate of drug-likeness (QED) is 0.696. The van der Waals surface area contributed by atoms with E-state index in [2.05, 4.69) is 14.7 Å². The number of aromatic nitrogens is 2. The van der Waals surface area contributed by atoms with Gasteiger partial charge in [0.25, 0.3) is 0 Å². The molecular formula is C14H13ClFN3O2. The molecule has 0 fully saturated rings. The summed E-state index contributed by atoms with van der Waals surface area (Å²) in [6, 6.07) is 3.99. The van der Waals surface area contributed by atoms with Crippen molar-refractivity contribution in [3.63, 3.8) is 0 Å². The minimum Gasteiger partial charge on any atom is -0.465 e. The highest BCUT2D eigenvalue weighted by molar-refractivity contribution is 6.30. The standard InChI is InChI=1S/C14H13ClFN3O2/c1-7-10(12(15)19-14(17)18-7)6-9-5-8(13(20)21-2)3-4-11(9)16/h3-5H,6H2,1-2H3,(H2,17,18,19). The predicted molar refractivity (Wildman–Crippen MR) is 76.7 cm³/mol. The smallest absolute Gasteiger partial charge is 0.337 e. The number of methoxy groups -OCH3 is 1. The Kier molecular flexibility index (Phi) is 4.37. The molecule has 0 aliphatic rings. The summed E-state index contributed by atoms with van der Waals surface area (Å²) >= 11 is 6.02. The molecule has 0 radical (unpaired) electrons. The summed E-state index contributed by atoms with van der Waals surface area (Å²) in [4.78, 5) is 19.4. The van der Waals surface area contributed by atoms with Gasteiger partial charge in [0, 0.05) is 17.7 Å². The van der Waals surface area contributed by atoms with E-state index in [1.807, 2.05) is 0 Å². The van der Waals surface area contributed by atoms with E-state index >= 15 is 0 Å². The highest BCUT2D eigenvalue weighted by Gasteiger charge is 2.14. The molecule has 0 saturated heterocycles. The second-order valence-corrected chi connectivity index (χ2v) is 4.77. The number of ether oxygens (including phenoxy) is 1. The molecule has 5 nitrogen and oxygen atoms in total. The number of carbonyl (C=O) groups excluding carboxylic acids is 1. The van der Waals surface area contributed by atoms with Crippen LogP contribution in [0.1, 0.15) is 27.2 Å². The van der Waals surface area contributed by atoms with Crippen LogP contribution in [-0.4, -0.2) is 23.0 Å². The second-order valence-electron chi connectivity index (χ2n) is 4.41. The van der Waals surface area contributed by atoms with Gasteiger partial charge in [0.15, 0.2) is 0 Å². The number of anilines is 1. The van der Waals surface area contributed by atoms with Gasteiger partial charge in [-0.05, 0) is 30.7 Å². The summed E-state index contributed by atoms with van der Waals surface area (Å²) in [7, 11) is 1.26. The summed E-state index contributed by atoms with van der Waals surface area (Å²) in [6.07, 6.45) is 0.154. The summed E-state index contributed by atoms with van der Waals surface area (Å²) in [5.74, 6) is -0.924. The van der Waals surface area contributed by atoms with E-state index in [4.69, 9.17) is 17.3 Å². The molecule has 0 aliphatic carbocycles. The highest BCUT2D eigenvalue weighted by Crippen LogP contribution is 2.23. The maximum atomic E-state index is 13.9. The van der Waals surface area contributed by atoms with Gasteiger partial charge >= 0.3 is 5.97 Å². The van der Waals surface area contributed by atoms with Crippen LogP contribution in [0.5, 0.6) is 0 Å². The van der Waals surface area contributed by atoms with Gasteiger partial charge < -0.3 is 10.5 Å². The maximum absolute atomic E-state index is 13.9. The zero-order valence-corrected chi connectivity index (χ0v) is 12.2. The number of benzene rings is 1. The molecule has 0 aliphatic heterocycles. The van der Waals surface area contributed by atoms with Crippen LogP contribution in [0.25, 0.3) is 0 Å². The van der Waals surface area contributed by atoms with Crippen molar-refractivity contribution in [2.24, 2.45) is 0 Å². The average Bonchev–Trinajstić information content (AvgIpc) is 2.43. The van der Waals surface area contributed by atoms with Crippen molar-refractivity contribution in [3.05, 3.63) is 51.6 Å². The molecule has 7 heteroatoms. The summed E-state index contributed by atoms with van der Waals surface area (Å²) < 4.78 is 18.5. The fourth-order valence-corrected chi connectivity index (χ4v) is 2.22. The first kappa shape index (κ1) is 15.2. The van der Waals surface area contributed by atoms with Gasteiger partial charge in [0.05, 0.1) is 12.7 Å². The van der Waals surface area contributed by atoms with Crippen LogP contribution < -0.4 is 5.73 Å². The number of rotatable bonds is 3. The number of nitrogen functional groups attached to an aromatic ring is 1. The second kappa shape index (κ2) is 6.05. The van der Waals surface area contributed by atoms with Gasteiger partial charge in [-0.15, -0.1) is 0 Å². The topological polar surface area (TPSA) is 78.1 Å². The SMILES string of the molecule is COC(=O)c1ccc(F)c(Cc2c(C)nc(N)nc2Cl)c1. The molecule has 2 rings (SSSR count). The Balaban J connectivity index is 2.42. The maximum Gasteiger partial charge on any atom is 0.337 e. The molecule has 2 N–H and O–H groups in total. The Morgan fingerprint density at radius 3 is 2.76 bits per heavy atom. The summed E-state index contributed by atoms with van der Waals surface area (Å²) in [5.41, 5.74) is 7.18. The van der Waals surface area contributed by atoms with Crippen molar-refractivity contribution in [3.8, 4) is 0 Å². The van der Waals surface area contributed by atoms with Gasteiger partial charge in [-0.2, -0.15) is 0 Å². The molecule has 0 saturated carbocycles. The molecule has 0 amide bonds. The minimum absolute atomic E-state index is 0.0602. The fourth-order valence-electron chi connectivity index (χ4n) is 1.93. The van der Waals surface area contributed by atoms with Gasteiger partial charge in [-0.25, -0.2) is 19.2 Å². The molecule has 0 bridgehead atoms. The Labute approximate surface area is 125 Å². The molecule has 1 aromatic heterocycles. The first-order valence-electron chi connectivity index (χ1n) is 6.07. The van der Waals surface area contributed by atoms with Gasteiger partial charge in [0.2, 0.25) is 5.95 Å². The van der Waals surface area contributed by atoms with E-state index in [1.54, 1.807) is 6.92 Å². The number of halogens is 2. The summed E-state index contributed by atoms with van der Waals surface area (Å²) in [6.45, 7) is 1.71. The Morgan fingerprint density at radius 1 is 1.43 bits per heavy atom. The van der Waals surface area contributed by atoms with E-state index in [9.17, 15) is 9.18 Å². The van der Waals surface area contributed by atoms with Gasteiger partial charge in [0.1, 0.15) is 11.0 Å². The van der Waals surface area contributed by atoms with Crippen molar-refractivity contribution in [1.82, 2.24) is 9.97 Å². The predicted octanol–water partition coefficient (Wildman–Crippen LogP) is 2.54. The molecule has 2 aromatic rings. The van der Waals surface area contributed by atoms with E-state index < -0.39 is 11.8 Å². The first-order valence-corrected chi connectivity index (χ1v) is 6.45. The Morgan fingerprint density at radius 2 is 2.14 bits per heavy atom. The third kappa shape index (κ3) is 3.28. The third-order valence-corrected chi connectivity index (χ3v) is 3.33. The Bertz CT molecular complexity index is 684. The minimum atomic E-state index is -0.535. The zero-order valence-electron chi connectivity index (χ0n) is 11.5. The lowest BCUT2D eigenvalue weighted by Crippen LogP contribution is -2.06. The lowest BCUT2D eigenvalue weighted by atomic mass is 10.0. The number of hydrogen-bond acceptors (Lipinski definition) is 5. The fraction of sp³-hybridized carbons (Fsp3) is 0.214. The molecular weight excluding hydrogens is 297 g/mol. The summed E-state index contributed by atoms with van der Waals surface area (Å²) in [5, 5.41) is 0.169. The van der Waals surface area contributed by atoms with E-state index in [0.29, 0.717) is 16.8 Å². The van der Waals surface area contributed by atoms with Crippen molar-refractivity contribution in [2.45, 2.75) is 13.3 Å². The van der Waals surface area contributed by atoms with Crippen molar-refractivity contribution < 1.29 is 13.9 Å². The lowest BCUT2D eigenvalue weighted by molar-refractivity contribution is 0.0600. The zero-order chi connectivity index (χ0) is 15.6. The van der Waals surface area contributed by atoms with Crippen molar-refractivity contribution in [1.29, 1.82) is 0 Å². The molecule has 1 heterocycles. The number of esters is 1. The van der Waals surface area contributed by atoms with Crippen LogP contribution >= 0.6 is 11.6 Å². The monoisotopic (exact) mass is 309 g/mol. The average molecular weight is 310 g/mol. The Hall–Kier alpha value is -2.21. The number of aryl methyl sites for hydroxylation is 1. The number of carbonyl (C=O) groups is 1. The van der Waals surface area contributed by atoms with Crippen LogP contribution in [0.4, 0.5) is 10.3 Å². The number of hydrogen-bond donors (Lipinski definition) is 1. The lowest BCUT2D eigenvalue weighted by Gasteiger charge is -2.10. The molecule has 21 heavy (non-hydrogen) atoms. The van der Waals surface area contributed by atoms with Crippen LogP contribution in [0.2, 0.25) is 5.15 Å². The van der Waals surface area contributed by atoms with Crippen LogP contribution in [0, 0.1) is 12.7 Å². The molecule has 0 unspecified atom stereocenters. The van der Waals surface area contributed by atoms with Gasteiger partial charge in [-0.3, -0.25) is 0 Å². The third-order valence-electron chi connectivity index (χ3n) is 3.01. The van der Waals surface area contributed by atoms with E-state index in [0.717, 1.165) is 0 Å². The highest BCUT2D eigenvalue weighted by atomic mass is 35.5. The van der Waals surface area contributed by atoms with E-state index in [1.165, 1.54) is 25.3 Å². The largest absolute Gasteiger partial charge is 0.465 e. The van der Waals surface area contributed by atoms with Crippen molar-refractivity contribution in [2.75, 3.05) is 12.8 Å². The first-order chi connectivity index (χ1) is 9.92. The molecule has 0 spiro atoms. The van der Waals surface area contributed by atoms with Crippen molar-refractivity contribution >= 4 is 23.5 Å². The van der Waals surface area contributed by atoms with Crippen LogP contribution in [0.15, 0.2) is 18.2 Å². The molecule has 0 atom stereocenters. The van der Waals surface area contributed by atoms with Gasteiger partial charge in [-0.1, -0.05) is 11.6 Å².